The summed E-state index contributed by atoms with van der Waals surface area (Å²) in [6, 6.07) is 12.5. The number of carbonyl (C=O) groups excluding carboxylic acids is 2. The Kier molecular flexibility index (Phi) is 5.13. The molecule has 0 unspecified atom stereocenters. The van der Waals surface area contributed by atoms with E-state index in [2.05, 4.69) is 15.6 Å². The lowest BCUT2D eigenvalue weighted by Gasteiger charge is -2.17. The molecule has 130 valence electrons. The van der Waals surface area contributed by atoms with Gasteiger partial charge in [0.25, 0.3) is 0 Å². The van der Waals surface area contributed by atoms with Crippen LogP contribution in [0.15, 0.2) is 48.7 Å². The van der Waals surface area contributed by atoms with Crippen LogP contribution in [0.3, 0.4) is 0 Å². The Hall–Kier alpha value is -3.09. The number of hydrogen-bond donors (Lipinski definition) is 2. The van der Waals surface area contributed by atoms with Crippen molar-refractivity contribution in [3.8, 4) is 5.88 Å². The van der Waals surface area contributed by atoms with Crippen molar-refractivity contribution in [3.05, 3.63) is 54.2 Å². The second-order valence-electron chi connectivity index (χ2n) is 5.74. The number of aromatic nitrogens is 1. The molecular weight excluding hydrogens is 320 g/mol. The number of nitrogens with zero attached hydrogens (tertiary/aromatic N) is 2. The summed E-state index contributed by atoms with van der Waals surface area (Å²) in [7, 11) is 1.54. The molecule has 1 aromatic carbocycles. The first kappa shape index (κ1) is 16.8. The first-order valence-electron chi connectivity index (χ1n) is 8.05. The average Bonchev–Trinajstić information content (AvgIpc) is 3.01. The van der Waals surface area contributed by atoms with Crippen molar-refractivity contribution in [2.75, 3.05) is 18.6 Å². The fourth-order valence-corrected chi connectivity index (χ4v) is 2.82. The quantitative estimate of drug-likeness (QED) is 0.868. The van der Waals surface area contributed by atoms with E-state index in [1.54, 1.807) is 17.2 Å². The van der Waals surface area contributed by atoms with E-state index < -0.39 is 0 Å². The van der Waals surface area contributed by atoms with Gasteiger partial charge in [-0.1, -0.05) is 24.3 Å². The van der Waals surface area contributed by atoms with E-state index in [1.165, 1.54) is 7.11 Å². The average molecular weight is 340 g/mol. The molecule has 3 amide bonds. The molecule has 0 spiro atoms. The molecule has 0 bridgehead atoms. The molecule has 1 aliphatic heterocycles. The van der Waals surface area contributed by atoms with Gasteiger partial charge in [-0.15, -0.1) is 0 Å². The molecule has 2 N–H and O–H groups in total. The third-order valence-corrected chi connectivity index (χ3v) is 4.01. The highest BCUT2D eigenvalue weighted by Crippen LogP contribution is 2.21. The number of para-hydroxylation sites is 1. The molecule has 0 radical (unpaired) electrons. The highest BCUT2D eigenvalue weighted by atomic mass is 16.5. The molecule has 2 aromatic rings. The standard InChI is InChI=1S/C18H20N4O3/c1-25-17-13(6-5-9-19-17)11-20-18(24)21-14-10-16(23)22(12-14)15-7-3-2-4-8-15/h2-9,14H,10-12H2,1H3,(H2,20,21,24)/t14-/m0/s1. The summed E-state index contributed by atoms with van der Waals surface area (Å²) in [4.78, 5) is 30.0. The zero-order chi connectivity index (χ0) is 17.6. The van der Waals surface area contributed by atoms with Crippen LogP contribution in [-0.2, 0) is 11.3 Å². The normalized spacial score (nSPS) is 16.6. The van der Waals surface area contributed by atoms with Crippen molar-refractivity contribution in [1.82, 2.24) is 15.6 Å². The number of amides is 3. The molecule has 7 heteroatoms. The number of pyridine rings is 1. The second kappa shape index (κ2) is 7.65. The highest BCUT2D eigenvalue weighted by Gasteiger charge is 2.31. The third-order valence-electron chi connectivity index (χ3n) is 4.01. The zero-order valence-electron chi connectivity index (χ0n) is 13.9. The number of nitrogens with one attached hydrogen (secondary N) is 2. The lowest BCUT2D eigenvalue weighted by molar-refractivity contribution is -0.117. The van der Waals surface area contributed by atoms with Crippen molar-refractivity contribution in [1.29, 1.82) is 0 Å². The lowest BCUT2D eigenvalue weighted by atomic mass is 10.2. The molecule has 2 heterocycles. The highest BCUT2D eigenvalue weighted by molar-refractivity contribution is 5.96. The summed E-state index contributed by atoms with van der Waals surface area (Å²) in [5, 5.41) is 5.61. The van der Waals surface area contributed by atoms with Crippen LogP contribution in [-0.4, -0.2) is 36.6 Å². The summed E-state index contributed by atoms with van der Waals surface area (Å²) in [5.74, 6) is 0.486. The number of anilines is 1. The second-order valence-corrected chi connectivity index (χ2v) is 5.74. The topological polar surface area (TPSA) is 83.6 Å². The lowest BCUT2D eigenvalue weighted by Crippen LogP contribution is -2.43. The Morgan fingerprint density at radius 1 is 1.28 bits per heavy atom. The van der Waals surface area contributed by atoms with Crippen molar-refractivity contribution >= 4 is 17.6 Å². The van der Waals surface area contributed by atoms with Gasteiger partial charge in [0, 0.05) is 37.0 Å². The summed E-state index contributed by atoms with van der Waals surface area (Å²) in [6.45, 7) is 0.762. The number of methoxy groups -OCH3 is 1. The maximum absolute atomic E-state index is 12.2. The largest absolute Gasteiger partial charge is 0.481 e. The van der Waals surface area contributed by atoms with Crippen LogP contribution in [0.4, 0.5) is 10.5 Å². The van der Waals surface area contributed by atoms with E-state index in [0.717, 1.165) is 11.3 Å². The van der Waals surface area contributed by atoms with E-state index in [4.69, 9.17) is 4.74 Å². The molecule has 1 fully saturated rings. The molecule has 3 rings (SSSR count). The van der Waals surface area contributed by atoms with E-state index in [-0.39, 0.29) is 18.0 Å². The number of rotatable bonds is 5. The van der Waals surface area contributed by atoms with Gasteiger partial charge in [-0.2, -0.15) is 0 Å². The third kappa shape index (κ3) is 4.06. The number of benzene rings is 1. The first-order valence-corrected chi connectivity index (χ1v) is 8.05. The van der Waals surface area contributed by atoms with Crippen LogP contribution < -0.4 is 20.3 Å². The van der Waals surface area contributed by atoms with Crippen molar-refractivity contribution in [2.24, 2.45) is 0 Å². The van der Waals surface area contributed by atoms with Gasteiger partial charge in [-0.25, -0.2) is 9.78 Å². The van der Waals surface area contributed by atoms with Crippen LogP contribution in [0.2, 0.25) is 0 Å². The number of urea groups is 1. The van der Waals surface area contributed by atoms with E-state index >= 15 is 0 Å². The minimum absolute atomic E-state index is 0.00503. The van der Waals surface area contributed by atoms with Gasteiger partial charge in [0.2, 0.25) is 11.8 Å². The molecule has 25 heavy (non-hydrogen) atoms. The Morgan fingerprint density at radius 2 is 2.08 bits per heavy atom. The summed E-state index contributed by atoms with van der Waals surface area (Å²) in [5.41, 5.74) is 1.63. The SMILES string of the molecule is COc1ncccc1CNC(=O)N[C@H]1CC(=O)N(c2ccccc2)C1. The molecule has 1 saturated heterocycles. The van der Waals surface area contributed by atoms with E-state index in [0.29, 0.717) is 25.4 Å². The minimum atomic E-state index is -0.321. The van der Waals surface area contributed by atoms with E-state index in [1.807, 2.05) is 36.4 Å². The molecule has 1 atom stereocenters. The van der Waals surface area contributed by atoms with Gasteiger partial charge in [0.05, 0.1) is 13.2 Å². The molecule has 0 saturated carbocycles. The fraction of sp³-hybridized carbons (Fsp3) is 0.278. The Labute approximate surface area is 146 Å². The van der Waals surface area contributed by atoms with Gasteiger partial charge in [-0.3, -0.25) is 4.79 Å². The number of ether oxygens (including phenoxy) is 1. The molecule has 1 aromatic heterocycles. The number of carbonyl (C=O) groups is 2. The summed E-state index contributed by atoms with van der Waals surface area (Å²) < 4.78 is 5.15. The van der Waals surface area contributed by atoms with Crippen molar-refractivity contribution in [2.45, 2.75) is 19.0 Å². The van der Waals surface area contributed by atoms with Gasteiger partial charge >= 0.3 is 6.03 Å². The van der Waals surface area contributed by atoms with Crippen LogP contribution in [0.1, 0.15) is 12.0 Å². The Balaban J connectivity index is 1.53. The van der Waals surface area contributed by atoms with Gasteiger partial charge in [0.1, 0.15) is 0 Å². The smallest absolute Gasteiger partial charge is 0.315 e. The van der Waals surface area contributed by atoms with Gasteiger partial charge < -0.3 is 20.3 Å². The van der Waals surface area contributed by atoms with Crippen LogP contribution in [0.5, 0.6) is 5.88 Å². The molecular formula is C18H20N4O3. The Bertz CT molecular complexity index is 751. The van der Waals surface area contributed by atoms with Crippen molar-refractivity contribution in [3.63, 3.8) is 0 Å². The predicted octanol–water partition coefficient (Wildman–Crippen LogP) is 1.69. The van der Waals surface area contributed by atoms with Crippen LogP contribution in [0, 0.1) is 0 Å². The molecule has 0 aliphatic carbocycles. The number of hydrogen-bond acceptors (Lipinski definition) is 4. The fourth-order valence-electron chi connectivity index (χ4n) is 2.82. The zero-order valence-corrected chi connectivity index (χ0v) is 13.9. The van der Waals surface area contributed by atoms with Crippen LogP contribution >= 0.6 is 0 Å². The first-order chi connectivity index (χ1) is 12.2. The van der Waals surface area contributed by atoms with Gasteiger partial charge in [0.15, 0.2) is 0 Å². The summed E-state index contributed by atoms with van der Waals surface area (Å²) in [6.07, 6.45) is 1.92. The Morgan fingerprint density at radius 3 is 2.84 bits per heavy atom. The molecule has 7 nitrogen and oxygen atoms in total. The van der Waals surface area contributed by atoms with Crippen LogP contribution in [0.25, 0.3) is 0 Å². The minimum Gasteiger partial charge on any atom is -0.481 e. The van der Waals surface area contributed by atoms with E-state index in [9.17, 15) is 9.59 Å². The summed E-state index contributed by atoms with van der Waals surface area (Å²) >= 11 is 0. The van der Waals surface area contributed by atoms with Crippen molar-refractivity contribution < 1.29 is 14.3 Å². The maximum Gasteiger partial charge on any atom is 0.315 e. The maximum atomic E-state index is 12.2. The predicted molar refractivity (Wildman–Crippen MR) is 93.4 cm³/mol. The molecule has 1 aliphatic rings. The monoisotopic (exact) mass is 340 g/mol. The van der Waals surface area contributed by atoms with Gasteiger partial charge in [-0.05, 0) is 18.2 Å².